The molecular weight excluding hydrogens is 326 g/mol. The van der Waals surface area contributed by atoms with Crippen molar-refractivity contribution in [3.63, 3.8) is 0 Å². The lowest BCUT2D eigenvalue weighted by Gasteiger charge is -2.05. The molecule has 1 N–H and O–H groups in total. The van der Waals surface area contributed by atoms with Gasteiger partial charge < -0.3 is 9.47 Å². The number of rotatable bonds is 7. The van der Waals surface area contributed by atoms with Gasteiger partial charge >= 0.3 is 0 Å². The van der Waals surface area contributed by atoms with Crippen molar-refractivity contribution in [3.8, 4) is 11.5 Å². The van der Waals surface area contributed by atoms with E-state index in [0.29, 0.717) is 22.5 Å². The minimum absolute atomic E-state index is 0.260. The molecule has 1 amide bonds. The summed E-state index contributed by atoms with van der Waals surface area (Å²) in [5.41, 5.74) is 0.805. The first kappa shape index (κ1) is 17.9. The van der Waals surface area contributed by atoms with Crippen LogP contribution in [0.25, 0.3) is 6.08 Å². The van der Waals surface area contributed by atoms with Crippen LogP contribution in [0.3, 0.4) is 0 Å². The summed E-state index contributed by atoms with van der Waals surface area (Å²) in [5, 5.41) is 12.2. The number of anilines is 1. The van der Waals surface area contributed by atoms with Crippen molar-refractivity contribution in [2.75, 3.05) is 19.5 Å². The molecule has 1 heterocycles. The predicted octanol–water partition coefficient (Wildman–Crippen LogP) is 3.41. The number of carbonyl (C=O) groups is 1. The van der Waals surface area contributed by atoms with Crippen molar-refractivity contribution in [3.05, 3.63) is 34.8 Å². The summed E-state index contributed by atoms with van der Waals surface area (Å²) in [6.07, 6.45) is 3.99. The van der Waals surface area contributed by atoms with Crippen molar-refractivity contribution >= 4 is 28.5 Å². The second kappa shape index (κ2) is 8.44. The van der Waals surface area contributed by atoms with Gasteiger partial charge in [-0.2, -0.15) is 0 Å². The van der Waals surface area contributed by atoms with Crippen molar-refractivity contribution in [1.29, 1.82) is 0 Å². The van der Waals surface area contributed by atoms with E-state index in [1.165, 1.54) is 17.4 Å². The largest absolute Gasteiger partial charge is 0.497 e. The van der Waals surface area contributed by atoms with E-state index >= 15 is 0 Å². The quantitative estimate of drug-likeness (QED) is 0.777. The van der Waals surface area contributed by atoms with Crippen molar-refractivity contribution < 1.29 is 14.3 Å². The summed E-state index contributed by atoms with van der Waals surface area (Å²) in [6, 6.07) is 5.41. The van der Waals surface area contributed by atoms with Gasteiger partial charge in [0, 0.05) is 18.6 Å². The number of nitrogens with zero attached hydrogens (tertiary/aromatic N) is 2. The Labute approximate surface area is 145 Å². The zero-order valence-corrected chi connectivity index (χ0v) is 15.0. The number of benzene rings is 1. The summed E-state index contributed by atoms with van der Waals surface area (Å²) in [4.78, 5) is 12.0. The van der Waals surface area contributed by atoms with Gasteiger partial charge in [-0.15, -0.1) is 10.2 Å². The second-order valence-electron chi connectivity index (χ2n) is 5.57. The Morgan fingerprint density at radius 2 is 1.88 bits per heavy atom. The van der Waals surface area contributed by atoms with Crippen LogP contribution in [-0.2, 0) is 11.2 Å². The lowest BCUT2D eigenvalue weighted by atomic mass is 10.1. The van der Waals surface area contributed by atoms with E-state index in [1.54, 1.807) is 26.4 Å². The van der Waals surface area contributed by atoms with Gasteiger partial charge in [-0.25, -0.2) is 0 Å². The van der Waals surface area contributed by atoms with Crippen LogP contribution in [0.4, 0.5) is 5.13 Å². The first-order valence-corrected chi connectivity index (χ1v) is 8.36. The van der Waals surface area contributed by atoms with E-state index in [2.05, 4.69) is 29.4 Å². The maximum atomic E-state index is 12.0. The van der Waals surface area contributed by atoms with Crippen LogP contribution in [0.5, 0.6) is 11.5 Å². The molecule has 128 valence electrons. The molecule has 6 nitrogen and oxygen atoms in total. The lowest BCUT2D eigenvalue weighted by molar-refractivity contribution is -0.111. The molecule has 24 heavy (non-hydrogen) atoms. The molecule has 2 rings (SSSR count). The highest BCUT2D eigenvalue weighted by Crippen LogP contribution is 2.23. The molecule has 0 fully saturated rings. The van der Waals surface area contributed by atoms with E-state index < -0.39 is 0 Å². The van der Waals surface area contributed by atoms with Crippen LogP contribution in [0.15, 0.2) is 24.3 Å². The Hall–Kier alpha value is -2.41. The average molecular weight is 347 g/mol. The van der Waals surface area contributed by atoms with Gasteiger partial charge in [0.05, 0.1) is 14.2 Å². The molecule has 0 aliphatic rings. The summed E-state index contributed by atoms with van der Waals surface area (Å²) in [6.45, 7) is 4.23. The number of ether oxygens (including phenoxy) is 2. The third-order valence-electron chi connectivity index (χ3n) is 3.08. The Morgan fingerprint density at radius 1 is 1.21 bits per heavy atom. The number of amides is 1. The standard InChI is InChI=1S/C17H21N3O3S/c1-11(2)7-16-19-20-17(24-16)18-15(21)6-5-12-8-13(22-3)10-14(9-12)23-4/h5-6,8-11H,7H2,1-4H3,(H,18,20,21)/b6-5+. The van der Waals surface area contributed by atoms with Crippen molar-refractivity contribution in [2.45, 2.75) is 20.3 Å². The van der Waals surface area contributed by atoms with Crippen molar-refractivity contribution in [1.82, 2.24) is 10.2 Å². The van der Waals surface area contributed by atoms with Gasteiger partial charge in [-0.1, -0.05) is 25.2 Å². The predicted molar refractivity (Wildman–Crippen MR) is 95.7 cm³/mol. The molecule has 0 spiro atoms. The number of aromatic nitrogens is 2. The van der Waals surface area contributed by atoms with Gasteiger partial charge in [0.1, 0.15) is 16.5 Å². The fraction of sp³-hybridized carbons (Fsp3) is 0.353. The van der Waals surface area contributed by atoms with Crippen LogP contribution in [0, 0.1) is 5.92 Å². The third kappa shape index (κ3) is 5.34. The maximum absolute atomic E-state index is 12.0. The van der Waals surface area contributed by atoms with E-state index in [1.807, 2.05) is 12.1 Å². The fourth-order valence-corrected chi connectivity index (χ4v) is 2.94. The summed E-state index contributed by atoms with van der Waals surface area (Å²) in [5.74, 6) is 1.57. The molecule has 0 aliphatic carbocycles. The van der Waals surface area contributed by atoms with Crippen LogP contribution < -0.4 is 14.8 Å². The maximum Gasteiger partial charge on any atom is 0.250 e. The van der Waals surface area contributed by atoms with Crippen molar-refractivity contribution in [2.24, 2.45) is 5.92 Å². The zero-order valence-electron chi connectivity index (χ0n) is 14.2. The molecule has 0 saturated heterocycles. The summed E-state index contributed by atoms with van der Waals surface area (Å²) < 4.78 is 10.4. The smallest absolute Gasteiger partial charge is 0.250 e. The van der Waals surface area contributed by atoms with Gasteiger partial charge in [0.2, 0.25) is 11.0 Å². The van der Waals surface area contributed by atoms with Gasteiger partial charge in [-0.3, -0.25) is 10.1 Å². The zero-order chi connectivity index (χ0) is 17.5. The number of methoxy groups -OCH3 is 2. The van der Waals surface area contributed by atoms with Crippen LogP contribution in [0.1, 0.15) is 24.4 Å². The molecule has 1 aromatic heterocycles. The molecule has 1 aromatic carbocycles. The average Bonchev–Trinajstić information content (AvgIpc) is 2.98. The van der Waals surface area contributed by atoms with E-state index in [-0.39, 0.29) is 5.91 Å². The SMILES string of the molecule is COc1cc(/C=C/C(=O)Nc2nnc(CC(C)C)s2)cc(OC)c1. The molecule has 2 aromatic rings. The number of carbonyl (C=O) groups excluding carboxylic acids is 1. The second-order valence-corrected chi connectivity index (χ2v) is 6.63. The fourth-order valence-electron chi connectivity index (χ4n) is 1.98. The van der Waals surface area contributed by atoms with Crippen LogP contribution in [0.2, 0.25) is 0 Å². The van der Waals surface area contributed by atoms with E-state index in [9.17, 15) is 4.79 Å². The van der Waals surface area contributed by atoms with Crippen LogP contribution >= 0.6 is 11.3 Å². The minimum Gasteiger partial charge on any atom is -0.497 e. The van der Waals surface area contributed by atoms with Gasteiger partial charge in [0.25, 0.3) is 0 Å². The Bertz CT molecular complexity index is 703. The highest BCUT2D eigenvalue weighted by atomic mass is 32.1. The number of hydrogen-bond acceptors (Lipinski definition) is 6. The molecular formula is C17H21N3O3S. The molecule has 0 radical (unpaired) electrons. The monoisotopic (exact) mass is 347 g/mol. The molecule has 0 bridgehead atoms. The Kier molecular flexibility index (Phi) is 6.31. The third-order valence-corrected chi connectivity index (χ3v) is 3.94. The van der Waals surface area contributed by atoms with E-state index in [4.69, 9.17) is 9.47 Å². The minimum atomic E-state index is -0.260. The molecule has 0 saturated carbocycles. The van der Waals surface area contributed by atoms with E-state index in [0.717, 1.165) is 17.0 Å². The topological polar surface area (TPSA) is 73.3 Å². The lowest BCUT2D eigenvalue weighted by Crippen LogP contribution is -2.07. The highest BCUT2D eigenvalue weighted by molar-refractivity contribution is 7.15. The number of hydrogen-bond donors (Lipinski definition) is 1. The molecule has 0 unspecified atom stereocenters. The molecule has 0 aliphatic heterocycles. The molecule has 0 atom stereocenters. The Morgan fingerprint density at radius 3 is 2.46 bits per heavy atom. The highest BCUT2D eigenvalue weighted by Gasteiger charge is 2.08. The van der Waals surface area contributed by atoms with Gasteiger partial charge in [0.15, 0.2) is 0 Å². The molecule has 7 heteroatoms. The normalized spacial score (nSPS) is 11.0. The summed E-state index contributed by atoms with van der Waals surface area (Å²) >= 11 is 1.40. The first-order chi connectivity index (χ1) is 11.5. The Balaban J connectivity index is 2.01. The van der Waals surface area contributed by atoms with Crippen LogP contribution in [-0.4, -0.2) is 30.3 Å². The number of nitrogens with one attached hydrogen (secondary N) is 1. The summed E-state index contributed by atoms with van der Waals surface area (Å²) in [7, 11) is 3.17. The van der Waals surface area contributed by atoms with Gasteiger partial charge in [-0.05, 0) is 29.7 Å². The first-order valence-electron chi connectivity index (χ1n) is 7.54.